The number of carbonyl (C=O) groups is 1. The van der Waals surface area contributed by atoms with Gasteiger partial charge in [0.05, 0.1) is 0 Å². The topological polar surface area (TPSA) is 38.8 Å². The normalized spacial score (nSPS) is 19.6. The summed E-state index contributed by atoms with van der Waals surface area (Å²) in [4.78, 5) is 19.1. The lowest BCUT2D eigenvalue weighted by molar-refractivity contribution is 0.184. The molecule has 0 aliphatic carbocycles. The molecule has 2 saturated heterocycles. The average Bonchev–Trinajstić information content (AvgIpc) is 2.66. The molecule has 6 heteroatoms. The first-order chi connectivity index (χ1) is 12.6. The lowest BCUT2D eigenvalue weighted by atomic mass is 9.99. The standard InChI is InChI=1S/C20H31ClN4O/c1-17-6-10-23(11-7-17)9-3-8-22-20(26)25-14-12-24(13-15-25)19-5-2-4-18(21)16-19/h2,4-5,16-17H,3,6-15H2,1H3,(H,22,26). The van der Waals surface area contributed by atoms with Gasteiger partial charge in [-0.15, -0.1) is 0 Å². The fourth-order valence-electron chi connectivity index (χ4n) is 3.74. The molecule has 1 N–H and O–H groups in total. The van der Waals surface area contributed by atoms with Gasteiger partial charge in [-0.1, -0.05) is 24.6 Å². The van der Waals surface area contributed by atoms with E-state index >= 15 is 0 Å². The molecule has 1 aromatic carbocycles. The molecular weight excluding hydrogens is 348 g/mol. The third-order valence-electron chi connectivity index (χ3n) is 5.54. The Hall–Kier alpha value is -1.46. The summed E-state index contributed by atoms with van der Waals surface area (Å²) in [7, 11) is 0. The Morgan fingerprint density at radius 2 is 1.88 bits per heavy atom. The molecule has 2 heterocycles. The molecule has 0 radical (unpaired) electrons. The van der Waals surface area contributed by atoms with Crippen LogP contribution in [0.5, 0.6) is 0 Å². The van der Waals surface area contributed by atoms with Crippen molar-refractivity contribution in [3.8, 4) is 0 Å². The zero-order valence-corrected chi connectivity index (χ0v) is 16.5. The summed E-state index contributed by atoms with van der Waals surface area (Å²) in [5.74, 6) is 0.872. The van der Waals surface area contributed by atoms with Crippen molar-refractivity contribution in [2.75, 3.05) is 57.3 Å². The van der Waals surface area contributed by atoms with Gasteiger partial charge in [0, 0.05) is 43.4 Å². The van der Waals surface area contributed by atoms with E-state index in [-0.39, 0.29) is 6.03 Å². The number of urea groups is 1. The van der Waals surface area contributed by atoms with Gasteiger partial charge in [-0.25, -0.2) is 4.79 Å². The van der Waals surface area contributed by atoms with Gasteiger partial charge in [0.25, 0.3) is 0 Å². The lowest BCUT2D eigenvalue weighted by Crippen LogP contribution is -2.52. The fraction of sp³-hybridized carbons (Fsp3) is 0.650. The highest BCUT2D eigenvalue weighted by atomic mass is 35.5. The van der Waals surface area contributed by atoms with Crippen LogP contribution in [0, 0.1) is 5.92 Å². The number of amides is 2. The number of halogens is 1. The van der Waals surface area contributed by atoms with Crippen LogP contribution in [-0.2, 0) is 0 Å². The Morgan fingerprint density at radius 3 is 2.58 bits per heavy atom. The predicted molar refractivity (Wildman–Crippen MR) is 108 cm³/mol. The van der Waals surface area contributed by atoms with Gasteiger partial charge in [-0.05, 0) is 63.0 Å². The Kier molecular flexibility index (Phi) is 7.03. The van der Waals surface area contributed by atoms with Crippen molar-refractivity contribution in [2.45, 2.75) is 26.2 Å². The number of nitrogens with one attached hydrogen (secondary N) is 1. The molecule has 0 saturated carbocycles. The Balaban J connectivity index is 1.32. The molecule has 5 nitrogen and oxygen atoms in total. The van der Waals surface area contributed by atoms with Crippen molar-refractivity contribution >= 4 is 23.3 Å². The third kappa shape index (κ3) is 5.52. The molecule has 26 heavy (non-hydrogen) atoms. The number of benzene rings is 1. The second-order valence-corrected chi connectivity index (χ2v) is 8.00. The summed E-state index contributed by atoms with van der Waals surface area (Å²) in [6.07, 6.45) is 3.65. The van der Waals surface area contributed by atoms with E-state index < -0.39 is 0 Å². The van der Waals surface area contributed by atoms with Crippen molar-refractivity contribution in [3.63, 3.8) is 0 Å². The molecule has 0 spiro atoms. The quantitative estimate of drug-likeness (QED) is 0.799. The van der Waals surface area contributed by atoms with Gasteiger partial charge in [0.2, 0.25) is 0 Å². The maximum atomic E-state index is 12.4. The number of hydrogen-bond acceptors (Lipinski definition) is 3. The molecule has 0 unspecified atom stereocenters. The number of carbonyl (C=O) groups excluding carboxylic acids is 1. The summed E-state index contributed by atoms with van der Waals surface area (Å²) in [6, 6.07) is 7.99. The van der Waals surface area contributed by atoms with Gasteiger partial charge < -0.3 is 20.0 Å². The minimum atomic E-state index is 0.0722. The van der Waals surface area contributed by atoms with Crippen LogP contribution in [0.1, 0.15) is 26.2 Å². The zero-order chi connectivity index (χ0) is 18.4. The first-order valence-corrected chi connectivity index (χ1v) is 10.3. The average molecular weight is 379 g/mol. The van der Waals surface area contributed by atoms with Gasteiger partial charge in [0.15, 0.2) is 0 Å². The van der Waals surface area contributed by atoms with Crippen LogP contribution in [0.3, 0.4) is 0 Å². The van der Waals surface area contributed by atoms with Crippen LogP contribution >= 0.6 is 11.6 Å². The third-order valence-corrected chi connectivity index (χ3v) is 5.78. The SMILES string of the molecule is CC1CCN(CCCNC(=O)N2CCN(c3cccc(Cl)c3)CC2)CC1. The Labute approximate surface area is 162 Å². The van der Waals surface area contributed by atoms with Crippen LogP contribution in [0.15, 0.2) is 24.3 Å². The van der Waals surface area contributed by atoms with Crippen molar-refractivity contribution in [1.29, 1.82) is 0 Å². The molecule has 0 bridgehead atoms. The highest BCUT2D eigenvalue weighted by molar-refractivity contribution is 6.30. The monoisotopic (exact) mass is 378 g/mol. The van der Waals surface area contributed by atoms with Crippen molar-refractivity contribution in [2.24, 2.45) is 5.92 Å². The number of anilines is 1. The largest absolute Gasteiger partial charge is 0.368 e. The first-order valence-electron chi connectivity index (χ1n) is 9.87. The fourth-order valence-corrected chi connectivity index (χ4v) is 3.92. The highest BCUT2D eigenvalue weighted by Gasteiger charge is 2.21. The van der Waals surface area contributed by atoms with E-state index in [1.165, 1.54) is 25.9 Å². The summed E-state index contributed by atoms with van der Waals surface area (Å²) < 4.78 is 0. The Morgan fingerprint density at radius 1 is 1.15 bits per heavy atom. The molecule has 144 valence electrons. The molecule has 2 fully saturated rings. The predicted octanol–water partition coefficient (Wildman–Crippen LogP) is 3.29. The second-order valence-electron chi connectivity index (χ2n) is 7.56. The van der Waals surface area contributed by atoms with E-state index in [0.29, 0.717) is 0 Å². The number of nitrogens with zero attached hydrogens (tertiary/aromatic N) is 3. The molecule has 0 aromatic heterocycles. The second kappa shape index (κ2) is 9.47. The van der Waals surface area contributed by atoms with E-state index in [4.69, 9.17) is 11.6 Å². The van der Waals surface area contributed by atoms with Crippen molar-refractivity contribution in [3.05, 3.63) is 29.3 Å². The molecule has 1 aromatic rings. The smallest absolute Gasteiger partial charge is 0.317 e. The maximum absolute atomic E-state index is 12.4. The van der Waals surface area contributed by atoms with Gasteiger partial charge >= 0.3 is 6.03 Å². The van der Waals surface area contributed by atoms with Crippen LogP contribution in [-0.4, -0.2) is 68.2 Å². The summed E-state index contributed by atoms with van der Waals surface area (Å²) >= 11 is 6.07. The van der Waals surface area contributed by atoms with Gasteiger partial charge in [0.1, 0.15) is 0 Å². The molecule has 3 rings (SSSR count). The minimum absolute atomic E-state index is 0.0722. The lowest BCUT2D eigenvalue weighted by Gasteiger charge is -2.36. The van der Waals surface area contributed by atoms with E-state index in [1.54, 1.807) is 0 Å². The van der Waals surface area contributed by atoms with E-state index in [1.807, 2.05) is 23.1 Å². The van der Waals surface area contributed by atoms with E-state index in [9.17, 15) is 4.79 Å². The minimum Gasteiger partial charge on any atom is -0.368 e. The number of piperazine rings is 1. The van der Waals surface area contributed by atoms with Crippen molar-refractivity contribution < 1.29 is 4.79 Å². The van der Waals surface area contributed by atoms with Gasteiger partial charge in [-0.2, -0.15) is 0 Å². The summed E-state index contributed by atoms with van der Waals surface area (Å²) in [5.41, 5.74) is 1.13. The first kappa shape index (κ1) is 19.3. The summed E-state index contributed by atoms with van der Waals surface area (Å²) in [5, 5.41) is 3.84. The van der Waals surface area contributed by atoms with Gasteiger partial charge in [-0.3, -0.25) is 0 Å². The molecule has 2 aliphatic heterocycles. The molecule has 2 aliphatic rings. The zero-order valence-electron chi connectivity index (χ0n) is 15.8. The van der Waals surface area contributed by atoms with E-state index in [2.05, 4.69) is 28.1 Å². The maximum Gasteiger partial charge on any atom is 0.317 e. The molecular formula is C20H31ClN4O. The molecule has 0 atom stereocenters. The Bertz CT molecular complexity index is 581. The summed E-state index contributed by atoms with van der Waals surface area (Å²) in [6.45, 7) is 9.81. The number of rotatable bonds is 5. The number of hydrogen-bond donors (Lipinski definition) is 1. The number of piperidine rings is 1. The van der Waals surface area contributed by atoms with Crippen molar-refractivity contribution in [1.82, 2.24) is 15.1 Å². The van der Waals surface area contributed by atoms with Crippen LogP contribution in [0.25, 0.3) is 0 Å². The van der Waals surface area contributed by atoms with Crippen LogP contribution in [0.4, 0.5) is 10.5 Å². The van der Waals surface area contributed by atoms with Crippen LogP contribution in [0.2, 0.25) is 5.02 Å². The highest BCUT2D eigenvalue weighted by Crippen LogP contribution is 2.20. The molecule has 2 amide bonds. The van der Waals surface area contributed by atoms with Crippen LogP contribution < -0.4 is 10.2 Å². The number of likely N-dealkylation sites (tertiary alicyclic amines) is 1. The van der Waals surface area contributed by atoms with E-state index in [0.717, 1.165) is 62.3 Å².